The maximum Gasteiger partial charge on any atom is 0.100 e. The van der Waals surface area contributed by atoms with E-state index in [2.05, 4.69) is 82.0 Å². The van der Waals surface area contributed by atoms with Crippen molar-refractivity contribution in [1.29, 1.82) is 0 Å². The van der Waals surface area contributed by atoms with Gasteiger partial charge in [-0.3, -0.25) is 10.9 Å². The average Bonchev–Trinajstić information content (AvgIpc) is 3.64. The minimum absolute atomic E-state index is 0.979. The summed E-state index contributed by atoms with van der Waals surface area (Å²) in [5.41, 5.74) is 11.1. The van der Waals surface area contributed by atoms with Crippen LogP contribution in [0.5, 0.6) is 0 Å². The van der Waals surface area contributed by atoms with Crippen molar-refractivity contribution in [2.45, 2.75) is 13.8 Å². The molecule has 0 fully saturated rings. The number of hydrogen-bond donors (Lipinski definition) is 2. The van der Waals surface area contributed by atoms with Gasteiger partial charge in [0.1, 0.15) is 10.7 Å². The van der Waals surface area contributed by atoms with Crippen LogP contribution in [0.3, 0.4) is 0 Å². The van der Waals surface area contributed by atoms with E-state index in [1.54, 1.807) is 0 Å². The van der Waals surface area contributed by atoms with Crippen LogP contribution in [0.2, 0.25) is 0 Å². The Bertz CT molecular complexity index is 1960. The van der Waals surface area contributed by atoms with Crippen LogP contribution in [-0.2, 0) is 0 Å². The number of thiophene rings is 2. The number of halogens is 2. The largest absolute Gasteiger partial charge is 0.278 e. The minimum Gasteiger partial charge on any atom is -0.278 e. The molecule has 0 bridgehead atoms. The van der Waals surface area contributed by atoms with E-state index in [0.29, 0.717) is 0 Å². The summed E-state index contributed by atoms with van der Waals surface area (Å²) in [5, 5.41) is 19.5. The highest BCUT2D eigenvalue weighted by atomic mass is 127. The first kappa shape index (κ1) is 24.5. The first-order valence-electron chi connectivity index (χ1n) is 12.1. The number of fused-ring (bicyclic) bond motifs is 6. The second-order valence-electron chi connectivity index (χ2n) is 9.21. The Balaban J connectivity index is 1.60. The molecule has 7 rings (SSSR count). The number of benzene rings is 3. The Hall–Kier alpha value is -2.54. The van der Waals surface area contributed by atoms with Gasteiger partial charge in [-0.15, -0.1) is 22.7 Å². The Kier molecular flexibility index (Phi) is 6.18. The van der Waals surface area contributed by atoms with E-state index >= 15 is 0 Å². The molecule has 0 aliphatic heterocycles. The van der Waals surface area contributed by atoms with E-state index in [0.717, 1.165) is 22.1 Å². The van der Waals surface area contributed by atoms with Crippen molar-refractivity contribution in [1.82, 2.24) is 0 Å². The summed E-state index contributed by atoms with van der Waals surface area (Å²) in [4.78, 5) is 0. The van der Waals surface area contributed by atoms with Crippen LogP contribution < -0.4 is 21.6 Å². The Morgan fingerprint density at radius 2 is 0.974 bits per heavy atom. The number of aryl methyl sites for hydroxylation is 2. The van der Waals surface area contributed by atoms with E-state index in [9.17, 15) is 0 Å². The standard InChI is InChI=1S/C30H20I2N4S2/c1-15-23-26(30-19(13-22(32)38-30)27(23)35-33-17-9-5-3-6-10-17)16(2)24-25(15)29-20(14-21(31)37-29)28(24)36-34-18-11-7-4-8-12-18/h3-14,33-34H,1-2H3/b35-27+,36-28+. The van der Waals surface area contributed by atoms with Gasteiger partial charge in [0.25, 0.3) is 0 Å². The highest BCUT2D eigenvalue weighted by Gasteiger charge is 2.24. The van der Waals surface area contributed by atoms with Gasteiger partial charge < -0.3 is 0 Å². The summed E-state index contributed by atoms with van der Waals surface area (Å²) in [6.45, 7) is 4.50. The van der Waals surface area contributed by atoms with E-state index in [1.807, 2.05) is 83.3 Å². The second-order valence-corrected chi connectivity index (χ2v) is 15.1. The minimum atomic E-state index is 0.979. The fourth-order valence-corrected chi connectivity index (χ4v) is 9.31. The summed E-state index contributed by atoms with van der Waals surface area (Å²) < 4.78 is 5.11. The van der Waals surface area contributed by atoms with Gasteiger partial charge in [0.15, 0.2) is 0 Å². The molecule has 0 radical (unpaired) electrons. The molecule has 0 aliphatic carbocycles. The van der Waals surface area contributed by atoms with Crippen LogP contribution in [0.25, 0.3) is 41.7 Å². The van der Waals surface area contributed by atoms with Crippen LogP contribution in [0.4, 0.5) is 11.4 Å². The van der Waals surface area contributed by atoms with Gasteiger partial charge in [-0.1, -0.05) is 36.4 Å². The highest BCUT2D eigenvalue weighted by Crippen LogP contribution is 2.43. The summed E-state index contributed by atoms with van der Waals surface area (Å²) in [6.07, 6.45) is 0. The summed E-state index contributed by atoms with van der Waals surface area (Å²) in [7, 11) is 0. The maximum absolute atomic E-state index is 5.00. The zero-order chi connectivity index (χ0) is 26.0. The fourth-order valence-electron chi connectivity index (χ4n) is 5.37. The van der Waals surface area contributed by atoms with Crippen LogP contribution in [0, 0.1) is 19.6 Å². The van der Waals surface area contributed by atoms with Gasteiger partial charge >= 0.3 is 0 Å². The lowest BCUT2D eigenvalue weighted by molar-refractivity contribution is 1.25. The zero-order valence-corrected chi connectivity index (χ0v) is 26.3. The molecule has 5 aromatic carbocycles. The normalized spacial score (nSPS) is 13.1. The van der Waals surface area contributed by atoms with E-state index in [1.165, 1.54) is 58.6 Å². The first-order valence-corrected chi connectivity index (χ1v) is 15.9. The fraction of sp³-hybridized carbons (Fsp3) is 0.0667. The summed E-state index contributed by atoms with van der Waals surface area (Å²) in [6, 6.07) is 24.8. The molecular weight excluding hydrogens is 734 g/mol. The second kappa shape index (κ2) is 9.58. The van der Waals surface area contributed by atoms with Gasteiger partial charge in [-0.2, -0.15) is 10.2 Å². The van der Waals surface area contributed by atoms with E-state index < -0.39 is 0 Å². The molecule has 8 heteroatoms. The van der Waals surface area contributed by atoms with Crippen molar-refractivity contribution < 1.29 is 0 Å². The molecule has 0 unspecified atom stereocenters. The zero-order valence-electron chi connectivity index (χ0n) is 20.4. The molecule has 0 spiro atoms. The summed E-state index contributed by atoms with van der Waals surface area (Å²) in [5.74, 6) is 0. The van der Waals surface area contributed by atoms with Crippen molar-refractivity contribution in [2.24, 2.45) is 10.2 Å². The first-order chi connectivity index (χ1) is 18.5. The quantitative estimate of drug-likeness (QED) is 0.139. The Morgan fingerprint density at radius 1 is 0.579 bits per heavy atom. The molecular formula is C30H20I2N4S2. The maximum atomic E-state index is 5.00. The number of para-hydroxylation sites is 2. The van der Waals surface area contributed by atoms with Crippen molar-refractivity contribution in [2.75, 3.05) is 10.9 Å². The predicted molar refractivity (Wildman–Crippen MR) is 181 cm³/mol. The number of nitrogens with one attached hydrogen (secondary N) is 2. The molecule has 2 aromatic heterocycles. The third-order valence-corrected chi connectivity index (χ3v) is 10.8. The molecule has 7 aromatic rings. The molecule has 186 valence electrons. The van der Waals surface area contributed by atoms with Gasteiger partial charge in [0, 0.05) is 41.7 Å². The number of anilines is 2. The van der Waals surface area contributed by atoms with Crippen LogP contribution in [0.15, 0.2) is 83.0 Å². The van der Waals surface area contributed by atoms with Crippen LogP contribution in [-0.4, -0.2) is 0 Å². The third kappa shape index (κ3) is 3.87. The molecule has 0 aliphatic rings. The third-order valence-electron chi connectivity index (χ3n) is 6.98. The van der Waals surface area contributed by atoms with Crippen molar-refractivity contribution in [3.8, 4) is 0 Å². The molecule has 0 saturated heterocycles. The lowest BCUT2D eigenvalue weighted by Crippen LogP contribution is -2.07. The Morgan fingerprint density at radius 3 is 1.37 bits per heavy atom. The molecule has 0 atom stereocenters. The number of nitrogens with zero attached hydrogens (tertiary/aromatic N) is 2. The molecule has 0 amide bonds. The molecule has 0 saturated carbocycles. The van der Waals surface area contributed by atoms with Crippen LogP contribution >= 0.6 is 67.9 Å². The van der Waals surface area contributed by atoms with Gasteiger partial charge in [-0.05, 0) is 107 Å². The van der Waals surface area contributed by atoms with Crippen molar-refractivity contribution in [3.63, 3.8) is 0 Å². The average molecular weight is 754 g/mol. The van der Waals surface area contributed by atoms with Gasteiger partial charge in [0.2, 0.25) is 0 Å². The SMILES string of the molecule is Cc1c2/c(=N/Nc3ccccc3)c3cc(I)sc3c2c(C)c2/c(=N/Nc3ccccc3)c3cc(I)sc3c12. The number of rotatable bonds is 4. The van der Waals surface area contributed by atoms with E-state index in [-0.39, 0.29) is 0 Å². The number of hydrogen-bond acceptors (Lipinski definition) is 6. The smallest absolute Gasteiger partial charge is 0.100 e. The topological polar surface area (TPSA) is 48.8 Å². The van der Waals surface area contributed by atoms with Gasteiger partial charge in [-0.25, -0.2) is 0 Å². The van der Waals surface area contributed by atoms with Crippen molar-refractivity contribution in [3.05, 3.63) is 100 Å². The monoisotopic (exact) mass is 754 g/mol. The molecule has 2 N–H and O–H groups in total. The lowest BCUT2D eigenvalue weighted by Gasteiger charge is -2.07. The Labute approximate surface area is 254 Å². The van der Waals surface area contributed by atoms with E-state index in [4.69, 9.17) is 10.2 Å². The predicted octanol–water partition coefficient (Wildman–Crippen LogP) is 8.98. The van der Waals surface area contributed by atoms with Crippen LogP contribution in [0.1, 0.15) is 11.1 Å². The van der Waals surface area contributed by atoms with Crippen molar-refractivity contribution >= 4 is 121 Å². The lowest BCUT2D eigenvalue weighted by atomic mass is 9.98. The van der Waals surface area contributed by atoms with Gasteiger partial charge in [0.05, 0.1) is 17.1 Å². The molecule has 38 heavy (non-hydrogen) atoms. The molecule has 4 nitrogen and oxygen atoms in total. The summed E-state index contributed by atoms with van der Waals surface area (Å²) >= 11 is 8.53. The molecule has 2 heterocycles. The highest BCUT2D eigenvalue weighted by molar-refractivity contribution is 14.1.